The lowest BCUT2D eigenvalue weighted by Crippen LogP contribution is -2.15. The van der Waals surface area contributed by atoms with E-state index < -0.39 is 0 Å². The van der Waals surface area contributed by atoms with Gasteiger partial charge >= 0.3 is 0 Å². The number of para-hydroxylation sites is 3. The molecule has 226 valence electrons. The van der Waals surface area contributed by atoms with Crippen LogP contribution in [0.25, 0.3) is 60.4 Å². The minimum atomic E-state index is -0.306. The molecule has 0 bridgehead atoms. The lowest BCUT2D eigenvalue weighted by atomic mass is 9.82. The van der Waals surface area contributed by atoms with Crippen molar-refractivity contribution < 1.29 is 0 Å². The number of nitrogens with zero attached hydrogens (tertiary/aromatic N) is 3. The van der Waals surface area contributed by atoms with Gasteiger partial charge in [-0.25, -0.2) is 4.99 Å². The Kier molecular flexibility index (Phi) is 6.11. The lowest BCUT2D eigenvalue weighted by Gasteiger charge is -2.21. The topological polar surface area (TPSA) is 48.2 Å². The molecule has 1 atom stereocenters. The van der Waals surface area contributed by atoms with E-state index in [9.17, 15) is 0 Å². The maximum Gasteiger partial charge on any atom is 0.0995 e. The number of nitrogens with two attached hydrogens (primary N) is 1. The fourth-order valence-corrected chi connectivity index (χ4v) is 7.73. The zero-order valence-corrected chi connectivity index (χ0v) is 26.4. The first-order valence-electron chi connectivity index (χ1n) is 16.2. The SMILES string of the molecule is CC1(C)c2ccccc2-c2cc3c4ccccc4n(C=N/C=C\C(N)c4ccc5c6ccccc6n(-c6ccccc6)c5c4)c3cc21. The van der Waals surface area contributed by atoms with E-state index in [1.54, 1.807) is 0 Å². The minimum Gasteiger partial charge on any atom is -0.321 e. The van der Waals surface area contributed by atoms with Crippen molar-refractivity contribution in [1.29, 1.82) is 0 Å². The molecule has 2 N–H and O–H groups in total. The Morgan fingerprint density at radius 1 is 0.596 bits per heavy atom. The van der Waals surface area contributed by atoms with E-state index in [4.69, 9.17) is 10.7 Å². The molecule has 4 heteroatoms. The van der Waals surface area contributed by atoms with Gasteiger partial charge in [0.2, 0.25) is 0 Å². The predicted molar refractivity (Wildman–Crippen MR) is 198 cm³/mol. The number of benzene rings is 6. The van der Waals surface area contributed by atoms with Crippen LogP contribution in [0.4, 0.5) is 0 Å². The molecule has 47 heavy (non-hydrogen) atoms. The molecule has 0 aliphatic heterocycles. The summed E-state index contributed by atoms with van der Waals surface area (Å²) in [5.74, 6) is 0. The fraction of sp³-hybridized carbons (Fsp3) is 0.0930. The third-order valence-electron chi connectivity index (χ3n) is 10.1. The third-order valence-corrected chi connectivity index (χ3v) is 10.1. The van der Waals surface area contributed by atoms with Crippen LogP contribution in [0.5, 0.6) is 0 Å². The van der Waals surface area contributed by atoms with Crippen molar-refractivity contribution in [2.75, 3.05) is 0 Å². The van der Waals surface area contributed by atoms with Crippen LogP contribution in [0.15, 0.2) is 151 Å². The third kappa shape index (κ3) is 4.15. The Morgan fingerprint density at radius 3 is 2.11 bits per heavy atom. The lowest BCUT2D eigenvalue weighted by molar-refractivity contribution is 0.661. The van der Waals surface area contributed by atoms with Crippen LogP contribution in [0.2, 0.25) is 0 Å². The van der Waals surface area contributed by atoms with Gasteiger partial charge in [0.15, 0.2) is 0 Å². The van der Waals surface area contributed by atoms with Crippen molar-refractivity contribution in [2.24, 2.45) is 10.7 Å². The normalized spacial score (nSPS) is 14.6. The average molecular weight is 607 g/mol. The molecule has 8 aromatic rings. The van der Waals surface area contributed by atoms with Crippen LogP contribution in [-0.4, -0.2) is 15.5 Å². The molecular formula is C43H34N4. The smallest absolute Gasteiger partial charge is 0.0995 e. The Morgan fingerprint density at radius 2 is 1.28 bits per heavy atom. The molecule has 0 saturated carbocycles. The second-order valence-corrected chi connectivity index (χ2v) is 13.1. The van der Waals surface area contributed by atoms with Crippen LogP contribution in [0, 0.1) is 0 Å². The van der Waals surface area contributed by atoms with Gasteiger partial charge in [-0.2, -0.15) is 0 Å². The van der Waals surface area contributed by atoms with Crippen molar-refractivity contribution in [3.63, 3.8) is 0 Å². The molecule has 0 saturated heterocycles. The van der Waals surface area contributed by atoms with Gasteiger partial charge in [-0.3, -0.25) is 4.57 Å². The van der Waals surface area contributed by atoms with Gasteiger partial charge in [0, 0.05) is 44.9 Å². The van der Waals surface area contributed by atoms with E-state index in [1.165, 1.54) is 49.3 Å². The first-order valence-corrected chi connectivity index (χ1v) is 16.2. The highest BCUT2D eigenvalue weighted by Gasteiger charge is 2.36. The summed E-state index contributed by atoms with van der Waals surface area (Å²) in [6.45, 7) is 4.65. The number of fused-ring (bicyclic) bond motifs is 9. The monoisotopic (exact) mass is 606 g/mol. The fourth-order valence-electron chi connectivity index (χ4n) is 7.73. The van der Waals surface area contributed by atoms with Crippen LogP contribution in [0.3, 0.4) is 0 Å². The van der Waals surface area contributed by atoms with Gasteiger partial charge in [-0.15, -0.1) is 0 Å². The summed E-state index contributed by atoms with van der Waals surface area (Å²) in [5.41, 5.74) is 18.9. The molecule has 1 unspecified atom stereocenters. The molecule has 9 rings (SSSR count). The van der Waals surface area contributed by atoms with Crippen molar-refractivity contribution in [2.45, 2.75) is 25.3 Å². The molecule has 1 aliphatic carbocycles. The van der Waals surface area contributed by atoms with E-state index >= 15 is 0 Å². The molecule has 2 heterocycles. The molecule has 4 nitrogen and oxygen atoms in total. The van der Waals surface area contributed by atoms with Gasteiger partial charge in [-0.05, 0) is 76.4 Å². The quantitative estimate of drug-likeness (QED) is 0.154. The highest BCUT2D eigenvalue weighted by molar-refractivity contribution is 6.13. The number of aliphatic imine (C=N–C) groups is 1. The first-order chi connectivity index (χ1) is 23.0. The first kappa shape index (κ1) is 27.6. The van der Waals surface area contributed by atoms with Gasteiger partial charge in [-0.1, -0.05) is 105 Å². The van der Waals surface area contributed by atoms with E-state index in [2.05, 4.69) is 156 Å². The molecule has 1 aliphatic rings. The predicted octanol–water partition coefficient (Wildman–Crippen LogP) is 10.3. The van der Waals surface area contributed by atoms with Gasteiger partial charge in [0.05, 0.1) is 28.4 Å². The average Bonchev–Trinajstić information content (AvgIpc) is 3.69. The zero-order valence-electron chi connectivity index (χ0n) is 26.4. The standard InChI is InChI=1S/C43H34N4/c1-43(2)36-17-9-6-14-30(36)34-25-35-32-16-7-10-18-39(32)46(41(35)26-37(34)43)27-45-23-22-38(44)28-20-21-33-31-15-8-11-19-40(31)47(42(33)24-28)29-12-4-3-5-13-29/h3-27,38H,44H2,1-2H3/b23-22-,45-27?. The maximum atomic E-state index is 6.77. The molecule has 0 fully saturated rings. The van der Waals surface area contributed by atoms with Gasteiger partial charge < -0.3 is 10.3 Å². The Labute approximate surface area is 273 Å². The molecule has 0 radical (unpaired) electrons. The molecular weight excluding hydrogens is 573 g/mol. The van der Waals surface area contributed by atoms with Crippen molar-refractivity contribution in [1.82, 2.24) is 9.13 Å². The highest BCUT2D eigenvalue weighted by atomic mass is 15.0. The number of rotatable bonds is 5. The summed E-state index contributed by atoms with van der Waals surface area (Å²) in [4.78, 5) is 4.78. The summed E-state index contributed by atoms with van der Waals surface area (Å²) in [6, 6.07) is 47.4. The summed E-state index contributed by atoms with van der Waals surface area (Å²) in [6.07, 6.45) is 5.72. The summed E-state index contributed by atoms with van der Waals surface area (Å²) >= 11 is 0. The van der Waals surface area contributed by atoms with Gasteiger partial charge in [0.25, 0.3) is 0 Å². The zero-order chi connectivity index (χ0) is 31.7. The van der Waals surface area contributed by atoms with Crippen LogP contribution < -0.4 is 5.73 Å². The van der Waals surface area contributed by atoms with Crippen molar-refractivity contribution in [3.05, 3.63) is 162 Å². The largest absolute Gasteiger partial charge is 0.321 e. The molecule has 0 spiro atoms. The summed E-state index contributed by atoms with van der Waals surface area (Å²) in [5, 5.41) is 4.91. The maximum absolute atomic E-state index is 6.77. The number of hydrogen-bond acceptors (Lipinski definition) is 2. The van der Waals surface area contributed by atoms with Crippen molar-refractivity contribution in [3.8, 4) is 16.8 Å². The minimum absolute atomic E-state index is 0.0709. The highest BCUT2D eigenvalue weighted by Crippen LogP contribution is 2.50. The Hall–Kier alpha value is -5.71. The van der Waals surface area contributed by atoms with Crippen LogP contribution in [-0.2, 0) is 5.41 Å². The molecule has 0 amide bonds. The second kappa shape index (κ2) is 10.4. The Bertz CT molecular complexity index is 2560. The molecule has 6 aromatic carbocycles. The van der Waals surface area contributed by atoms with E-state index in [1.807, 2.05) is 18.6 Å². The van der Waals surface area contributed by atoms with E-state index in [0.717, 1.165) is 27.8 Å². The number of aromatic nitrogens is 2. The van der Waals surface area contributed by atoms with E-state index in [-0.39, 0.29) is 11.5 Å². The van der Waals surface area contributed by atoms with E-state index in [0.29, 0.717) is 0 Å². The van der Waals surface area contributed by atoms with Gasteiger partial charge in [0.1, 0.15) is 0 Å². The van der Waals surface area contributed by atoms with Crippen LogP contribution >= 0.6 is 0 Å². The summed E-state index contributed by atoms with van der Waals surface area (Å²) in [7, 11) is 0. The second-order valence-electron chi connectivity index (χ2n) is 13.1. The molecule has 2 aromatic heterocycles. The Balaban J connectivity index is 1.09. The summed E-state index contributed by atoms with van der Waals surface area (Å²) < 4.78 is 4.53. The van der Waals surface area contributed by atoms with Crippen molar-refractivity contribution >= 4 is 50.0 Å². The number of hydrogen-bond donors (Lipinski definition) is 1. The van der Waals surface area contributed by atoms with Crippen LogP contribution in [0.1, 0.15) is 36.6 Å².